The van der Waals surface area contributed by atoms with Gasteiger partial charge in [-0.15, -0.1) is 0 Å². The molecule has 3 aromatic carbocycles. The normalized spacial score (nSPS) is 10.7. The van der Waals surface area contributed by atoms with E-state index in [1.165, 1.54) is 0 Å². The fourth-order valence-corrected chi connectivity index (χ4v) is 3.17. The van der Waals surface area contributed by atoms with Crippen LogP contribution in [-0.4, -0.2) is 18.3 Å². The number of nitrogens with one attached hydrogen (secondary N) is 1. The van der Waals surface area contributed by atoms with E-state index in [9.17, 15) is 9.59 Å². The molecule has 144 valence electrons. The Balaban J connectivity index is 1.59. The van der Waals surface area contributed by atoms with E-state index in [2.05, 4.69) is 21.2 Å². The predicted molar refractivity (Wildman–Crippen MR) is 114 cm³/mol. The number of hydrogen-bond donors (Lipinski definition) is 1. The van der Waals surface area contributed by atoms with Crippen molar-refractivity contribution in [3.63, 3.8) is 0 Å². The van der Waals surface area contributed by atoms with Crippen molar-refractivity contribution in [1.82, 2.24) is 0 Å². The van der Waals surface area contributed by atoms with Gasteiger partial charge in [-0.2, -0.15) is 0 Å². The molecule has 0 aliphatic heterocycles. The van der Waals surface area contributed by atoms with Crippen LogP contribution in [0.25, 0.3) is 11.0 Å². The van der Waals surface area contributed by atoms with Crippen molar-refractivity contribution in [3.8, 4) is 5.75 Å². The van der Waals surface area contributed by atoms with Crippen molar-refractivity contribution in [2.24, 2.45) is 0 Å². The number of amides is 1. The lowest BCUT2D eigenvalue weighted by Gasteiger charge is -2.08. The molecule has 0 bridgehead atoms. The van der Waals surface area contributed by atoms with Crippen molar-refractivity contribution in [3.05, 3.63) is 94.7 Å². The molecule has 5 nitrogen and oxygen atoms in total. The van der Waals surface area contributed by atoms with Gasteiger partial charge < -0.3 is 14.5 Å². The summed E-state index contributed by atoms with van der Waals surface area (Å²) in [6.07, 6.45) is 0. The first-order valence-corrected chi connectivity index (χ1v) is 9.70. The van der Waals surface area contributed by atoms with Crippen LogP contribution in [0.3, 0.4) is 0 Å². The monoisotopic (exact) mass is 449 g/mol. The lowest BCUT2D eigenvalue weighted by molar-refractivity contribution is -0.118. The molecule has 0 spiro atoms. The first-order chi connectivity index (χ1) is 14.1. The average molecular weight is 450 g/mol. The summed E-state index contributed by atoms with van der Waals surface area (Å²) in [4.78, 5) is 25.5. The molecule has 1 heterocycles. The second kappa shape index (κ2) is 8.32. The van der Waals surface area contributed by atoms with Crippen LogP contribution in [0.4, 0.5) is 5.69 Å². The third kappa shape index (κ3) is 4.22. The third-order valence-electron chi connectivity index (χ3n) is 4.29. The molecule has 0 unspecified atom stereocenters. The Bertz CT molecular complexity index is 1170. The van der Waals surface area contributed by atoms with Gasteiger partial charge in [-0.05, 0) is 36.4 Å². The highest BCUT2D eigenvalue weighted by Gasteiger charge is 2.23. The number of halogens is 1. The Labute approximate surface area is 175 Å². The highest BCUT2D eigenvalue weighted by Crippen LogP contribution is 2.32. The van der Waals surface area contributed by atoms with Gasteiger partial charge in [0.25, 0.3) is 5.91 Å². The SMILES string of the molecule is O=C(COc1ccc(Br)cc1)Nc1c(C(=O)c2ccccc2)oc2ccccc12. The Morgan fingerprint density at radius 1 is 0.897 bits per heavy atom. The lowest BCUT2D eigenvalue weighted by atomic mass is 10.1. The lowest BCUT2D eigenvalue weighted by Crippen LogP contribution is -2.21. The third-order valence-corrected chi connectivity index (χ3v) is 4.81. The fraction of sp³-hybridized carbons (Fsp3) is 0.0435. The Hall–Kier alpha value is -3.38. The van der Waals surface area contributed by atoms with Crippen LogP contribution in [0.2, 0.25) is 0 Å². The first kappa shape index (κ1) is 19.0. The van der Waals surface area contributed by atoms with E-state index in [1.54, 1.807) is 48.5 Å². The fourth-order valence-electron chi connectivity index (χ4n) is 2.91. The summed E-state index contributed by atoms with van der Waals surface area (Å²) in [6, 6.07) is 23.2. The van der Waals surface area contributed by atoms with Gasteiger partial charge in [-0.25, -0.2) is 0 Å². The minimum Gasteiger partial charge on any atom is -0.484 e. The average Bonchev–Trinajstić information content (AvgIpc) is 3.12. The summed E-state index contributed by atoms with van der Waals surface area (Å²) in [7, 11) is 0. The van der Waals surface area contributed by atoms with Crippen molar-refractivity contribution in [1.29, 1.82) is 0 Å². The highest BCUT2D eigenvalue weighted by atomic mass is 79.9. The topological polar surface area (TPSA) is 68.5 Å². The van der Waals surface area contributed by atoms with E-state index >= 15 is 0 Å². The number of ketones is 1. The van der Waals surface area contributed by atoms with Crippen LogP contribution in [0.15, 0.2) is 87.8 Å². The zero-order valence-corrected chi connectivity index (χ0v) is 16.8. The van der Waals surface area contributed by atoms with Gasteiger partial charge in [0.1, 0.15) is 11.3 Å². The van der Waals surface area contributed by atoms with Gasteiger partial charge >= 0.3 is 0 Å². The molecule has 1 N–H and O–H groups in total. The summed E-state index contributed by atoms with van der Waals surface area (Å²) < 4.78 is 12.2. The van der Waals surface area contributed by atoms with E-state index in [4.69, 9.17) is 9.15 Å². The van der Waals surface area contributed by atoms with E-state index in [1.807, 2.05) is 30.3 Å². The standard InChI is InChI=1S/C23H16BrNO4/c24-16-10-12-17(13-11-16)28-14-20(26)25-21-18-8-4-5-9-19(18)29-23(21)22(27)15-6-2-1-3-7-15/h1-13H,14H2,(H,25,26). The van der Waals surface area contributed by atoms with Crippen molar-refractivity contribution in [2.75, 3.05) is 11.9 Å². The van der Waals surface area contributed by atoms with E-state index in [0.29, 0.717) is 28.0 Å². The zero-order chi connectivity index (χ0) is 20.2. The molecule has 0 aliphatic rings. The van der Waals surface area contributed by atoms with Gasteiger partial charge in [-0.1, -0.05) is 58.4 Å². The number of para-hydroxylation sites is 1. The van der Waals surface area contributed by atoms with Gasteiger partial charge in [-0.3, -0.25) is 9.59 Å². The maximum absolute atomic E-state index is 12.9. The summed E-state index contributed by atoms with van der Waals surface area (Å²) in [5.41, 5.74) is 1.35. The Morgan fingerprint density at radius 2 is 1.59 bits per heavy atom. The predicted octanol–water partition coefficient (Wildman–Crippen LogP) is 5.44. The molecule has 6 heteroatoms. The zero-order valence-electron chi connectivity index (χ0n) is 15.2. The van der Waals surface area contributed by atoms with Crippen LogP contribution < -0.4 is 10.1 Å². The van der Waals surface area contributed by atoms with Gasteiger partial charge in [0, 0.05) is 15.4 Å². The second-order valence-corrected chi connectivity index (χ2v) is 7.20. The van der Waals surface area contributed by atoms with Gasteiger partial charge in [0.2, 0.25) is 5.78 Å². The van der Waals surface area contributed by atoms with Crippen LogP contribution >= 0.6 is 15.9 Å². The Morgan fingerprint density at radius 3 is 2.34 bits per heavy atom. The molecule has 0 aliphatic carbocycles. The molecule has 4 rings (SSSR count). The summed E-state index contributed by atoms with van der Waals surface area (Å²) >= 11 is 3.35. The van der Waals surface area contributed by atoms with Crippen LogP contribution in [0.5, 0.6) is 5.75 Å². The number of anilines is 1. The molecule has 0 radical (unpaired) electrons. The summed E-state index contributed by atoms with van der Waals surface area (Å²) in [5.74, 6) is -0.0251. The molecule has 1 aromatic heterocycles. The van der Waals surface area contributed by atoms with Crippen LogP contribution in [0.1, 0.15) is 16.1 Å². The number of furan rings is 1. The van der Waals surface area contributed by atoms with Gasteiger partial charge in [0.15, 0.2) is 12.4 Å². The molecule has 0 atom stereocenters. The smallest absolute Gasteiger partial charge is 0.262 e. The largest absolute Gasteiger partial charge is 0.484 e. The summed E-state index contributed by atoms with van der Waals surface area (Å²) in [6.45, 7) is -0.194. The number of fused-ring (bicyclic) bond motifs is 1. The maximum atomic E-state index is 12.9. The number of ether oxygens (including phenoxy) is 1. The molecule has 0 saturated carbocycles. The molecule has 4 aromatic rings. The van der Waals surface area contributed by atoms with E-state index < -0.39 is 0 Å². The van der Waals surface area contributed by atoms with Crippen molar-refractivity contribution < 1.29 is 18.7 Å². The maximum Gasteiger partial charge on any atom is 0.262 e. The van der Waals surface area contributed by atoms with E-state index in [0.717, 1.165) is 4.47 Å². The number of rotatable bonds is 6. The second-order valence-electron chi connectivity index (χ2n) is 6.29. The molecule has 0 fully saturated rings. The molecular weight excluding hydrogens is 434 g/mol. The highest BCUT2D eigenvalue weighted by molar-refractivity contribution is 9.10. The van der Waals surface area contributed by atoms with Crippen molar-refractivity contribution >= 4 is 44.3 Å². The quantitative estimate of drug-likeness (QED) is 0.397. The van der Waals surface area contributed by atoms with Crippen LogP contribution in [0, 0.1) is 0 Å². The first-order valence-electron chi connectivity index (χ1n) is 8.91. The molecule has 1 amide bonds. The summed E-state index contributed by atoms with van der Waals surface area (Å²) in [5, 5.41) is 3.43. The minimum atomic E-state index is -0.387. The molecule has 0 saturated heterocycles. The number of carbonyl (C=O) groups is 2. The number of carbonyl (C=O) groups excluding carboxylic acids is 2. The van der Waals surface area contributed by atoms with Crippen LogP contribution in [-0.2, 0) is 4.79 Å². The number of hydrogen-bond acceptors (Lipinski definition) is 4. The van der Waals surface area contributed by atoms with Crippen molar-refractivity contribution in [2.45, 2.75) is 0 Å². The van der Waals surface area contributed by atoms with Gasteiger partial charge in [0.05, 0.1) is 5.69 Å². The molecule has 29 heavy (non-hydrogen) atoms. The molecular formula is C23H16BrNO4. The number of benzene rings is 3. The minimum absolute atomic E-state index is 0.0920. The Kier molecular flexibility index (Phi) is 5.44. The van der Waals surface area contributed by atoms with E-state index in [-0.39, 0.29) is 24.1 Å².